The van der Waals surface area contributed by atoms with Crippen molar-refractivity contribution in [2.75, 3.05) is 6.16 Å². The minimum atomic E-state index is -1.63. The highest BCUT2D eigenvalue weighted by Crippen LogP contribution is 2.56. The molecule has 1 heteroatoms. The van der Waals surface area contributed by atoms with Gasteiger partial charge in [-0.15, -0.1) is 0 Å². The third kappa shape index (κ3) is 2.92. The highest BCUT2D eigenvalue weighted by atomic mass is 31.2. The van der Waals surface area contributed by atoms with Crippen LogP contribution in [0.2, 0.25) is 0 Å². The third-order valence-corrected chi connectivity index (χ3v) is 9.38. The van der Waals surface area contributed by atoms with Crippen LogP contribution in [0.25, 0.3) is 0 Å². The van der Waals surface area contributed by atoms with Gasteiger partial charge >= 0.3 is 0 Å². The molecule has 122 valence electrons. The first-order valence-electron chi connectivity index (χ1n) is 8.79. The Labute approximate surface area is 146 Å². The van der Waals surface area contributed by atoms with Crippen LogP contribution in [-0.2, 0) is 0 Å². The number of hydrogen-bond donors (Lipinski definition) is 0. The van der Waals surface area contributed by atoms with Crippen LogP contribution in [0.4, 0.5) is 0 Å². The Morgan fingerprint density at radius 3 is 1.58 bits per heavy atom. The van der Waals surface area contributed by atoms with Gasteiger partial charge in [-0.25, -0.2) is 0 Å². The minimum absolute atomic E-state index is 0.527. The van der Waals surface area contributed by atoms with E-state index in [1.54, 1.807) is 5.30 Å². The van der Waals surface area contributed by atoms with Gasteiger partial charge in [0.15, 0.2) is 0 Å². The molecule has 0 aliphatic rings. The van der Waals surface area contributed by atoms with Gasteiger partial charge in [0.25, 0.3) is 0 Å². The van der Waals surface area contributed by atoms with E-state index in [9.17, 15) is 0 Å². The van der Waals surface area contributed by atoms with E-state index in [0.717, 1.165) is 6.16 Å². The van der Waals surface area contributed by atoms with E-state index in [2.05, 4.69) is 106 Å². The minimum Gasteiger partial charge on any atom is -0.0620 e. The fourth-order valence-corrected chi connectivity index (χ4v) is 8.05. The topological polar surface area (TPSA) is 0 Å². The van der Waals surface area contributed by atoms with Crippen LogP contribution in [0.3, 0.4) is 0 Å². The van der Waals surface area contributed by atoms with Crippen LogP contribution in [0.15, 0.2) is 84.9 Å². The number of benzene rings is 3. The zero-order valence-electron chi connectivity index (χ0n) is 14.8. The zero-order chi connectivity index (χ0) is 17.0. The molecule has 0 bridgehead atoms. The van der Waals surface area contributed by atoms with Crippen molar-refractivity contribution >= 4 is 23.2 Å². The summed E-state index contributed by atoms with van der Waals surface area (Å²) in [6.07, 6.45) is 1.14. The number of rotatable bonds is 5. The Morgan fingerprint density at radius 2 is 1.12 bits per heavy atom. The van der Waals surface area contributed by atoms with E-state index in [4.69, 9.17) is 0 Å². The molecular formula is C23H26P+. The summed E-state index contributed by atoms with van der Waals surface area (Å²) in [6.45, 7) is 6.96. The highest BCUT2D eigenvalue weighted by molar-refractivity contribution is 7.95. The van der Waals surface area contributed by atoms with Gasteiger partial charge < -0.3 is 0 Å². The normalized spacial score (nSPS) is 11.7. The Morgan fingerprint density at radius 1 is 0.667 bits per heavy atom. The SMILES string of the molecule is CC[P+](c1ccccc1)(c1ccccc1)c1ccccc1C(C)C. The van der Waals surface area contributed by atoms with Gasteiger partial charge in [-0.2, -0.15) is 0 Å². The molecule has 0 fully saturated rings. The monoisotopic (exact) mass is 333 g/mol. The van der Waals surface area contributed by atoms with E-state index in [0.29, 0.717) is 5.92 Å². The molecule has 0 amide bonds. The average Bonchev–Trinajstić information content (AvgIpc) is 2.65. The molecule has 0 aromatic heterocycles. The lowest BCUT2D eigenvalue weighted by Crippen LogP contribution is -2.34. The van der Waals surface area contributed by atoms with Crippen LogP contribution in [0.1, 0.15) is 32.3 Å². The lowest BCUT2D eigenvalue weighted by Gasteiger charge is -2.29. The smallest absolute Gasteiger partial charge is 0.0620 e. The molecule has 0 N–H and O–H groups in total. The molecule has 3 aromatic rings. The average molecular weight is 333 g/mol. The fraction of sp³-hybridized carbons (Fsp3) is 0.217. The summed E-state index contributed by atoms with van der Waals surface area (Å²) >= 11 is 0. The summed E-state index contributed by atoms with van der Waals surface area (Å²) in [5.41, 5.74) is 1.49. The second kappa shape index (κ2) is 7.32. The molecule has 0 unspecified atom stereocenters. The van der Waals surface area contributed by atoms with E-state index in [1.165, 1.54) is 16.2 Å². The fourth-order valence-electron chi connectivity index (χ4n) is 3.65. The lowest BCUT2D eigenvalue weighted by molar-refractivity contribution is 0.873. The summed E-state index contributed by atoms with van der Waals surface area (Å²) in [4.78, 5) is 0. The van der Waals surface area contributed by atoms with E-state index >= 15 is 0 Å². The van der Waals surface area contributed by atoms with Crippen LogP contribution >= 0.6 is 7.26 Å². The van der Waals surface area contributed by atoms with Crippen molar-refractivity contribution in [2.24, 2.45) is 0 Å². The van der Waals surface area contributed by atoms with Crippen molar-refractivity contribution in [1.29, 1.82) is 0 Å². The zero-order valence-corrected chi connectivity index (χ0v) is 15.7. The summed E-state index contributed by atoms with van der Waals surface area (Å²) in [5, 5.41) is 4.50. The Kier molecular flexibility index (Phi) is 5.17. The molecule has 0 radical (unpaired) electrons. The molecule has 24 heavy (non-hydrogen) atoms. The van der Waals surface area contributed by atoms with Crippen molar-refractivity contribution in [1.82, 2.24) is 0 Å². The molecule has 0 heterocycles. The predicted molar refractivity (Wildman–Crippen MR) is 110 cm³/mol. The maximum absolute atomic E-state index is 2.37. The van der Waals surface area contributed by atoms with Gasteiger partial charge in [0.1, 0.15) is 23.2 Å². The molecule has 0 nitrogen and oxygen atoms in total. The van der Waals surface area contributed by atoms with Crippen LogP contribution < -0.4 is 15.9 Å². The first-order valence-corrected chi connectivity index (χ1v) is 10.8. The van der Waals surface area contributed by atoms with Crippen molar-refractivity contribution in [3.8, 4) is 0 Å². The number of hydrogen-bond acceptors (Lipinski definition) is 0. The van der Waals surface area contributed by atoms with Gasteiger partial charge in [0.05, 0.1) is 6.16 Å². The van der Waals surface area contributed by atoms with Crippen molar-refractivity contribution < 1.29 is 0 Å². The molecule has 0 saturated carbocycles. The predicted octanol–water partition coefficient (Wildman–Crippen LogP) is 5.12. The quantitative estimate of drug-likeness (QED) is 0.568. The Bertz CT molecular complexity index is 736. The standard InChI is InChI=1S/C23H26P/c1-4-24(20-13-7-5-8-14-20,21-15-9-6-10-16-21)23-18-12-11-17-22(23)19(2)3/h5-19H,4H2,1-3H3/q+1. The van der Waals surface area contributed by atoms with Crippen molar-refractivity contribution in [3.05, 3.63) is 90.5 Å². The van der Waals surface area contributed by atoms with Gasteiger partial charge in [0.2, 0.25) is 0 Å². The molecule has 0 saturated heterocycles. The first kappa shape index (κ1) is 16.9. The largest absolute Gasteiger partial charge is 0.112 e. The molecule has 0 spiro atoms. The summed E-state index contributed by atoms with van der Waals surface area (Å²) in [5.74, 6) is 0.527. The van der Waals surface area contributed by atoms with Gasteiger partial charge in [-0.05, 0) is 48.7 Å². The van der Waals surface area contributed by atoms with E-state index in [-0.39, 0.29) is 0 Å². The van der Waals surface area contributed by atoms with Crippen LogP contribution in [0, 0.1) is 0 Å². The van der Waals surface area contributed by atoms with Crippen LogP contribution in [-0.4, -0.2) is 6.16 Å². The van der Waals surface area contributed by atoms with E-state index < -0.39 is 7.26 Å². The molecule has 3 aromatic carbocycles. The van der Waals surface area contributed by atoms with Gasteiger partial charge in [0, 0.05) is 0 Å². The second-order valence-electron chi connectivity index (χ2n) is 6.51. The molecule has 0 aliphatic heterocycles. The van der Waals surface area contributed by atoms with Gasteiger partial charge in [-0.1, -0.05) is 68.4 Å². The maximum atomic E-state index is 2.37. The molecular weight excluding hydrogens is 307 g/mol. The molecule has 0 atom stereocenters. The van der Waals surface area contributed by atoms with Crippen LogP contribution in [0.5, 0.6) is 0 Å². The Hall–Kier alpha value is -1.91. The second-order valence-corrected chi connectivity index (χ2v) is 10.3. The molecule has 0 aliphatic carbocycles. The maximum Gasteiger partial charge on any atom is 0.112 e. The highest BCUT2D eigenvalue weighted by Gasteiger charge is 2.45. The van der Waals surface area contributed by atoms with Crippen molar-refractivity contribution in [2.45, 2.75) is 26.7 Å². The van der Waals surface area contributed by atoms with Crippen molar-refractivity contribution in [3.63, 3.8) is 0 Å². The lowest BCUT2D eigenvalue weighted by atomic mass is 10.0. The summed E-state index contributed by atoms with van der Waals surface area (Å²) in [6, 6.07) is 31.3. The Balaban J connectivity index is 2.36. The van der Waals surface area contributed by atoms with Gasteiger partial charge in [-0.3, -0.25) is 0 Å². The van der Waals surface area contributed by atoms with E-state index in [1.807, 2.05) is 0 Å². The summed E-state index contributed by atoms with van der Waals surface area (Å²) < 4.78 is 0. The third-order valence-electron chi connectivity index (χ3n) is 4.84. The molecule has 3 rings (SSSR count). The first-order chi connectivity index (χ1) is 11.7. The summed E-state index contributed by atoms with van der Waals surface area (Å²) in [7, 11) is -1.63.